The summed E-state index contributed by atoms with van der Waals surface area (Å²) in [6.07, 6.45) is 0. The van der Waals surface area contributed by atoms with Crippen molar-refractivity contribution in [2.45, 2.75) is 0 Å². The molecule has 47 valence electrons. The van der Waals surface area contributed by atoms with Crippen LogP contribution in [0.15, 0.2) is 24.3 Å². The van der Waals surface area contributed by atoms with Gasteiger partial charge in [0.25, 0.3) is 0 Å². The number of rotatable bonds is 1. The summed E-state index contributed by atoms with van der Waals surface area (Å²) in [5.41, 5.74) is 0.259. The quantitative estimate of drug-likeness (QED) is 0.543. The number of hydrogen-bond acceptors (Lipinski definition) is 0. The first kappa shape index (κ1) is 6.20. The van der Waals surface area contributed by atoms with Crippen LogP contribution in [-0.2, 0) is 0 Å². The van der Waals surface area contributed by atoms with E-state index < -0.39 is 5.82 Å². The van der Waals surface area contributed by atoms with E-state index in [2.05, 4.69) is 0 Å². The van der Waals surface area contributed by atoms with Crippen LogP contribution in [0.25, 0.3) is 0 Å². The van der Waals surface area contributed by atoms with E-state index in [1.54, 1.807) is 0 Å². The molecule has 1 radical (unpaired) electrons. The second-order valence-electron chi connectivity index (χ2n) is 1.66. The van der Waals surface area contributed by atoms with Crippen LogP contribution in [-0.4, -0.2) is 0 Å². The van der Waals surface area contributed by atoms with E-state index in [0.29, 0.717) is 6.67 Å². The van der Waals surface area contributed by atoms with Gasteiger partial charge in [-0.15, -0.1) is 0 Å². The lowest BCUT2D eigenvalue weighted by Gasteiger charge is -1.90. The molecule has 0 N–H and O–H groups in total. The van der Waals surface area contributed by atoms with Gasteiger partial charge in [-0.2, -0.15) is 0 Å². The zero-order valence-corrected chi connectivity index (χ0v) is 4.64. The normalized spacial score (nSPS) is 9.56. The third-order valence-corrected chi connectivity index (χ3v) is 0.975. The topological polar surface area (TPSA) is 0 Å². The number of halogens is 2. The first-order chi connectivity index (χ1) is 4.33. The molecule has 9 heavy (non-hydrogen) atoms. The Morgan fingerprint density at radius 2 is 2.11 bits per heavy atom. The highest BCUT2D eigenvalue weighted by molar-refractivity contribution is 5.20. The maximum atomic E-state index is 12.2. The predicted molar refractivity (Wildman–Crippen MR) is 30.9 cm³/mol. The molecule has 0 fully saturated rings. The van der Waals surface area contributed by atoms with E-state index in [-0.39, 0.29) is 5.56 Å². The monoisotopic (exact) mass is 127 g/mol. The fourth-order valence-corrected chi connectivity index (χ4v) is 0.574. The summed E-state index contributed by atoms with van der Waals surface area (Å²) in [5, 5.41) is 0. The Morgan fingerprint density at radius 1 is 1.33 bits per heavy atom. The molecule has 0 aliphatic rings. The standard InChI is InChI=1S/C7H5F2/c8-5-6-2-1-3-7(9)4-6/h1-5H. The maximum Gasteiger partial charge on any atom is 0.160 e. The highest BCUT2D eigenvalue weighted by Gasteiger charge is 1.91. The highest BCUT2D eigenvalue weighted by Crippen LogP contribution is 2.05. The molecule has 1 aromatic carbocycles. The summed E-state index contributed by atoms with van der Waals surface area (Å²) < 4.78 is 23.8. The molecule has 0 heterocycles. The van der Waals surface area contributed by atoms with E-state index in [1.165, 1.54) is 18.2 Å². The second-order valence-corrected chi connectivity index (χ2v) is 1.66. The lowest BCUT2D eigenvalue weighted by atomic mass is 10.2. The van der Waals surface area contributed by atoms with Gasteiger partial charge in [-0.1, -0.05) is 12.1 Å². The van der Waals surface area contributed by atoms with Crippen molar-refractivity contribution >= 4 is 0 Å². The van der Waals surface area contributed by atoms with Gasteiger partial charge in [-0.05, 0) is 17.7 Å². The zero-order chi connectivity index (χ0) is 6.69. The average Bonchev–Trinajstić information content (AvgIpc) is 1.88. The summed E-state index contributed by atoms with van der Waals surface area (Å²) in [4.78, 5) is 0. The average molecular weight is 127 g/mol. The van der Waals surface area contributed by atoms with Gasteiger partial charge in [0.15, 0.2) is 6.67 Å². The Labute approximate surface area is 52.1 Å². The van der Waals surface area contributed by atoms with Crippen LogP contribution in [0, 0.1) is 12.5 Å². The molecule has 0 aliphatic carbocycles. The van der Waals surface area contributed by atoms with E-state index in [4.69, 9.17) is 0 Å². The number of benzene rings is 1. The molecule has 0 saturated heterocycles. The highest BCUT2D eigenvalue weighted by atomic mass is 19.1. The van der Waals surface area contributed by atoms with Crippen molar-refractivity contribution in [2.24, 2.45) is 0 Å². The molecule has 0 aliphatic heterocycles. The first-order valence-corrected chi connectivity index (χ1v) is 2.52. The van der Waals surface area contributed by atoms with Gasteiger partial charge < -0.3 is 0 Å². The van der Waals surface area contributed by atoms with Crippen molar-refractivity contribution < 1.29 is 8.78 Å². The summed E-state index contributed by atoms with van der Waals surface area (Å²) in [7, 11) is 0. The van der Waals surface area contributed by atoms with Crippen molar-refractivity contribution in [3.05, 3.63) is 42.3 Å². The van der Waals surface area contributed by atoms with Crippen LogP contribution >= 0.6 is 0 Å². The van der Waals surface area contributed by atoms with Crippen molar-refractivity contribution in [1.82, 2.24) is 0 Å². The second kappa shape index (κ2) is 2.58. The molecule has 1 rings (SSSR count). The molecular formula is C7H5F2. The fourth-order valence-electron chi connectivity index (χ4n) is 0.574. The molecule has 1 aromatic rings. The molecule has 0 nitrogen and oxygen atoms in total. The molecule has 0 unspecified atom stereocenters. The molecule has 2 heteroatoms. The van der Waals surface area contributed by atoms with E-state index in [0.717, 1.165) is 6.07 Å². The predicted octanol–water partition coefficient (Wildman–Crippen LogP) is 2.31. The summed E-state index contributed by atoms with van der Waals surface area (Å²) in [6, 6.07) is 5.34. The van der Waals surface area contributed by atoms with Gasteiger partial charge in [0.1, 0.15) is 5.82 Å². The smallest absolute Gasteiger partial charge is 0.160 e. The molecule has 0 spiro atoms. The molecular weight excluding hydrogens is 122 g/mol. The van der Waals surface area contributed by atoms with Crippen LogP contribution in [0.5, 0.6) is 0 Å². The third-order valence-electron chi connectivity index (χ3n) is 0.975. The van der Waals surface area contributed by atoms with Crippen LogP contribution < -0.4 is 0 Å². The molecule has 0 atom stereocenters. The summed E-state index contributed by atoms with van der Waals surface area (Å²) in [6.45, 7) is 0.364. The summed E-state index contributed by atoms with van der Waals surface area (Å²) in [5.74, 6) is -0.415. The Kier molecular flexibility index (Phi) is 1.78. The lowest BCUT2D eigenvalue weighted by Crippen LogP contribution is -1.76. The number of hydrogen-bond donors (Lipinski definition) is 0. The van der Waals surface area contributed by atoms with Gasteiger partial charge in [-0.3, -0.25) is 0 Å². The first-order valence-electron chi connectivity index (χ1n) is 2.52. The minimum atomic E-state index is -0.415. The Morgan fingerprint density at radius 3 is 2.56 bits per heavy atom. The minimum absolute atomic E-state index is 0.259. The van der Waals surface area contributed by atoms with Crippen LogP contribution in [0.1, 0.15) is 5.56 Å². The van der Waals surface area contributed by atoms with Gasteiger partial charge >= 0.3 is 0 Å². The maximum absolute atomic E-state index is 12.2. The van der Waals surface area contributed by atoms with Crippen molar-refractivity contribution in [1.29, 1.82) is 0 Å². The van der Waals surface area contributed by atoms with E-state index in [9.17, 15) is 8.78 Å². The Balaban J connectivity index is 2.94. The van der Waals surface area contributed by atoms with Crippen LogP contribution in [0.3, 0.4) is 0 Å². The lowest BCUT2D eigenvalue weighted by molar-refractivity contribution is 0.615. The van der Waals surface area contributed by atoms with Gasteiger partial charge in [0, 0.05) is 0 Å². The zero-order valence-electron chi connectivity index (χ0n) is 4.64. The molecule has 0 saturated carbocycles. The van der Waals surface area contributed by atoms with Gasteiger partial charge in [0.2, 0.25) is 0 Å². The molecule has 0 aromatic heterocycles. The summed E-state index contributed by atoms with van der Waals surface area (Å²) >= 11 is 0. The van der Waals surface area contributed by atoms with Gasteiger partial charge in [0.05, 0.1) is 0 Å². The largest absolute Gasteiger partial charge is 0.239 e. The van der Waals surface area contributed by atoms with Crippen LogP contribution in [0.4, 0.5) is 8.78 Å². The molecule has 0 bridgehead atoms. The SMILES string of the molecule is F[CH]c1cccc(F)c1. The van der Waals surface area contributed by atoms with Crippen molar-refractivity contribution in [3.63, 3.8) is 0 Å². The Hall–Kier alpha value is -0.920. The molecule has 0 amide bonds. The fraction of sp³-hybridized carbons (Fsp3) is 0. The van der Waals surface area contributed by atoms with Gasteiger partial charge in [-0.25, -0.2) is 8.78 Å². The van der Waals surface area contributed by atoms with E-state index in [1.807, 2.05) is 0 Å². The van der Waals surface area contributed by atoms with Crippen molar-refractivity contribution in [2.75, 3.05) is 0 Å². The van der Waals surface area contributed by atoms with Crippen molar-refractivity contribution in [3.8, 4) is 0 Å². The van der Waals surface area contributed by atoms with E-state index >= 15 is 0 Å². The minimum Gasteiger partial charge on any atom is -0.239 e. The van der Waals surface area contributed by atoms with Crippen LogP contribution in [0.2, 0.25) is 0 Å². The third kappa shape index (κ3) is 1.49. The Bertz CT molecular complexity index is 196.